The molecule has 0 aromatic carbocycles. The van der Waals surface area contributed by atoms with Gasteiger partial charge in [0.15, 0.2) is 0 Å². The van der Waals surface area contributed by atoms with Gasteiger partial charge in [0.05, 0.1) is 19.3 Å². The number of aliphatic hydroxyl groups excluding tert-OH is 1. The van der Waals surface area contributed by atoms with Gasteiger partial charge in [0.2, 0.25) is 0 Å². The van der Waals surface area contributed by atoms with E-state index in [1.54, 1.807) is 0 Å². The molecule has 3 aliphatic rings. The summed E-state index contributed by atoms with van der Waals surface area (Å²) in [5, 5.41) is 13.1. The van der Waals surface area contributed by atoms with Gasteiger partial charge in [-0.25, -0.2) is 0 Å². The lowest BCUT2D eigenvalue weighted by atomic mass is 9.90. The van der Waals surface area contributed by atoms with Gasteiger partial charge in [0.25, 0.3) is 0 Å². The Morgan fingerprint density at radius 2 is 2.06 bits per heavy atom. The number of morpholine rings is 1. The maximum absolute atomic E-state index is 9.51. The molecule has 0 radical (unpaired) electrons. The largest absolute Gasteiger partial charge is 0.395 e. The molecular weight excluding hydrogens is 228 g/mol. The number of rotatable bonds is 5. The molecule has 1 heterocycles. The van der Waals surface area contributed by atoms with Crippen LogP contribution in [-0.4, -0.2) is 60.5 Å². The lowest BCUT2D eigenvalue weighted by Gasteiger charge is -2.45. The summed E-state index contributed by atoms with van der Waals surface area (Å²) in [4.78, 5) is 2.56. The molecule has 3 fully saturated rings. The molecule has 0 aromatic rings. The molecule has 4 nitrogen and oxygen atoms in total. The first-order chi connectivity index (χ1) is 8.86. The van der Waals surface area contributed by atoms with Crippen molar-refractivity contribution in [1.82, 2.24) is 10.2 Å². The van der Waals surface area contributed by atoms with Gasteiger partial charge in [0, 0.05) is 31.2 Å². The summed E-state index contributed by atoms with van der Waals surface area (Å²) in [7, 11) is 0. The second-order valence-corrected chi connectivity index (χ2v) is 6.08. The quantitative estimate of drug-likeness (QED) is 0.760. The molecule has 2 N–H and O–H groups in total. The Hall–Kier alpha value is -0.160. The Balaban J connectivity index is 1.55. The lowest BCUT2D eigenvalue weighted by Crippen LogP contribution is -2.56. The zero-order valence-corrected chi connectivity index (χ0v) is 11.2. The van der Waals surface area contributed by atoms with Crippen LogP contribution in [0, 0.1) is 0 Å². The minimum atomic E-state index is 0.248. The average molecular weight is 254 g/mol. The SMILES string of the molecule is OCC(CN1CCOC2CCCCC21)NC1CC1. The summed E-state index contributed by atoms with van der Waals surface area (Å²) in [6.07, 6.45) is 8.16. The monoisotopic (exact) mass is 254 g/mol. The van der Waals surface area contributed by atoms with Crippen molar-refractivity contribution in [3.05, 3.63) is 0 Å². The number of nitrogens with one attached hydrogen (secondary N) is 1. The van der Waals surface area contributed by atoms with Crippen LogP contribution >= 0.6 is 0 Å². The van der Waals surface area contributed by atoms with Crippen LogP contribution in [0.5, 0.6) is 0 Å². The van der Waals surface area contributed by atoms with Gasteiger partial charge in [-0.2, -0.15) is 0 Å². The molecule has 0 aromatic heterocycles. The molecule has 3 rings (SSSR count). The van der Waals surface area contributed by atoms with E-state index in [2.05, 4.69) is 10.2 Å². The molecule has 4 heteroatoms. The molecule has 18 heavy (non-hydrogen) atoms. The molecule has 3 atom stereocenters. The van der Waals surface area contributed by atoms with Crippen molar-refractivity contribution in [2.24, 2.45) is 0 Å². The average Bonchev–Trinajstić information content (AvgIpc) is 3.22. The molecule has 1 saturated heterocycles. The van der Waals surface area contributed by atoms with E-state index in [0.717, 1.165) is 19.7 Å². The van der Waals surface area contributed by atoms with Crippen LogP contribution in [0.15, 0.2) is 0 Å². The molecule has 2 aliphatic carbocycles. The van der Waals surface area contributed by atoms with Crippen LogP contribution in [0.3, 0.4) is 0 Å². The predicted octanol–water partition coefficient (Wildman–Crippen LogP) is 0.743. The first-order valence-electron chi connectivity index (χ1n) is 7.59. The van der Waals surface area contributed by atoms with E-state index in [4.69, 9.17) is 4.74 Å². The molecular formula is C14H26N2O2. The van der Waals surface area contributed by atoms with E-state index in [1.165, 1.54) is 38.5 Å². The van der Waals surface area contributed by atoms with Gasteiger partial charge in [-0.1, -0.05) is 12.8 Å². The Kier molecular flexibility index (Phi) is 4.19. The van der Waals surface area contributed by atoms with E-state index >= 15 is 0 Å². The number of hydrogen-bond donors (Lipinski definition) is 2. The van der Waals surface area contributed by atoms with Gasteiger partial charge < -0.3 is 15.2 Å². The zero-order chi connectivity index (χ0) is 12.4. The van der Waals surface area contributed by atoms with E-state index < -0.39 is 0 Å². The smallest absolute Gasteiger partial charge is 0.0730 e. The lowest BCUT2D eigenvalue weighted by molar-refractivity contribution is -0.0913. The molecule has 1 aliphatic heterocycles. The van der Waals surface area contributed by atoms with E-state index in [0.29, 0.717) is 18.2 Å². The highest BCUT2D eigenvalue weighted by Crippen LogP contribution is 2.28. The van der Waals surface area contributed by atoms with E-state index in [1.807, 2.05) is 0 Å². The fraction of sp³-hybridized carbons (Fsp3) is 1.00. The number of ether oxygens (including phenoxy) is 1. The summed E-state index contributed by atoms with van der Waals surface area (Å²) in [5.41, 5.74) is 0. The number of fused-ring (bicyclic) bond motifs is 1. The maximum Gasteiger partial charge on any atom is 0.0730 e. The summed E-state index contributed by atoms with van der Waals surface area (Å²) < 4.78 is 5.90. The number of nitrogens with zero attached hydrogens (tertiary/aromatic N) is 1. The highest BCUT2D eigenvalue weighted by Gasteiger charge is 2.35. The van der Waals surface area contributed by atoms with Gasteiger partial charge in [-0.3, -0.25) is 4.90 Å². The second-order valence-electron chi connectivity index (χ2n) is 6.08. The van der Waals surface area contributed by atoms with Crippen LogP contribution in [0.4, 0.5) is 0 Å². The zero-order valence-electron chi connectivity index (χ0n) is 11.2. The highest BCUT2D eigenvalue weighted by molar-refractivity contribution is 4.91. The standard InChI is InChI=1S/C14H26N2O2/c17-10-12(15-11-5-6-11)9-16-7-8-18-14-4-2-1-3-13(14)16/h11-15,17H,1-10H2. The van der Waals surface area contributed by atoms with Crippen molar-refractivity contribution >= 4 is 0 Å². The van der Waals surface area contributed by atoms with Crippen LogP contribution < -0.4 is 5.32 Å². The maximum atomic E-state index is 9.51. The molecule has 3 unspecified atom stereocenters. The normalized spacial score (nSPS) is 35.2. The summed E-state index contributed by atoms with van der Waals surface area (Å²) in [6, 6.07) is 1.52. The van der Waals surface area contributed by atoms with Crippen molar-refractivity contribution in [3.63, 3.8) is 0 Å². The van der Waals surface area contributed by atoms with Crippen LogP contribution in [-0.2, 0) is 4.74 Å². The Morgan fingerprint density at radius 1 is 1.22 bits per heavy atom. The van der Waals surface area contributed by atoms with E-state index in [9.17, 15) is 5.11 Å². The third kappa shape index (κ3) is 3.05. The predicted molar refractivity (Wildman–Crippen MR) is 70.6 cm³/mol. The molecule has 0 bridgehead atoms. The molecule has 2 saturated carbocycles. The second kappa shape index (κ2) is 5.87. The summed E-state index contributed by atoms with van der Waals surface area (Å²) in [5.74, 6) is 0. The molecule has 0 amide bonds. The third-order valence-electron chi connectivity index (χ3n) is 4.57. The summed E-state index contributed by atoms with van der Waals surface area (Å²) in [6.45, 7) is 3.13. The highest BCUT2D eigenvalue weighted by atomic mass is 16.5. The Bertz CT molecular complexity index is 269. The van der Waals surface area contributed by atoms with Crippen LogP contribution in [0.1, 0.15) is 38.5 Å². The summed E-state index contributed by atoms with van der Waals surface area (Å²) >= 11 is 0. The van der Waals surface area contributed by atoms with Crippen LogP contribution in [0.25, 0.3) is 0 Å². The van der Waals surface area contributed by atoms with Crippen LogP contribution in [0.2, 0.25) is 0 Å². The van der Waals surface area contributed by atoms with Crippen molar-refractivity contribution in [2.45, 2.75) is 62.8 Å². The van der Waals surface area contributed by atoms with Crippen molar-refractivity contribution < 1.29 is 9.84 Å². The van der Waals surface area contributed by atoms with Crippen molar-refractivity contribution in [2.75, 3.05) is 26.3 Å². The Labute approximate surface area is 110 Å². The first-order valence-corrected chi connectivity index (χ1v) is 7.59. The molecule has 0 spiro atoms. The fourth-order valence-corrected chi connectivity index (χ4v) is 3.43. The van der Waals surface area contributed by atoms with Crippen molar-refractivity contribution in [3.8, 4) is 0 Å². The minimum Gasteiger partial charge on any atom is -0.395 e. The van der Waals surface area contributed by atoms with Gasteiger partial charge in [0.1, 0.15) is 0 Å². The third-order valence-corrected chi connectivity index (χ3v) is 4.57. The van der Waals surface area contributed by atoms with Crippen molar-refractivity contribution in [1.29, 1.82) is 0 Å². The number of aliphatic hydroxyl groups is 1. The van der Waals surface area contributed by atoms with Gasteiger partial charge in [-0.05, 0) is 25.7 Å². The number of hydrogen-bond acceptors (Lipinski definition) is 4. The fourth-order valence-electron chi connectivity index (χ4n) is 3.43. The molecule has 104 valence electrons. The van der Waals surface area contributed by atoms with Gasteiger partial charge >= 0.3 is 0 Å². The Morgan fingerprint density at radius 3 is 2.83 bits per heavy atom. The van der Waals surface area contributed by atoms with E-state index in [-0.39, 0.29) is 12.6 Å². The topological polar surface area (TPSA) is 44.7 Å². The first kappa shape index (κ1) is 12.9. The van der Waals surface area contributed by atoms with Gasteiger partial charge in [-0.15, -0.1) is 0 Å². The minimum absolute atomic E-state index is 0.248.